The van der Waals surface area contributed by atoms with Crippen LogP contribution in [0, 0.1) is 0 Å². The van der Waals surface area contributed by atoms with Gasteiger partial charge in [0.1, 0.15) is 0 Å². The summed E-state index contributed by atoms with van der Waals surface area (Å²) in [5.74, 6) is -0.0807. The Balaban J connectivity index is 2.19. The van der Waals surface area contributed by atoms with E-state index in [1.165, 1.54) is 4.46 Å². The Morgan fingerprint density at radius 3 is 2.60 bits per heavy atom. The van der Waals surface area contributed by atoms with Crippen LogP contribution in [0.25, 0.3) is 0 Å². The summed E-state index contributed by atoms with van der Waals surface area (Å²) in [7, 11) is 0. The van der Waals surface area contributed by atoms with Crippen LogP contribution < -0.4 is 4.46 Å². The summed E-state index contributed by atoms with van der Waals surface area (Å²) >= 11 is 0.386. The molecule has 0 fully saturated rings. The van der Waals surface area contributed by atoms with Gasteiger partial charge in [-0.2, -0.15) is 0 Å². The van der Waals surface area contributed by atoms with Crippen LogP contribution in [0.15, 0.2) is 30.3 Å². The Morgan fingerprint density at radius 1 is 1.33 bits per heavy atom. The quantitative estimate of drug-likeness (QED) is 0.602. The van der Waals surface area contributed by atoms with Gasteiger partial charge >= 0.3 is 96.9 Å². The van der Waals surface area contributed by atoms with Crippen molar-refractivity contribution in [1.29, 1.82) is 0 Å². The van der Waals surface area contributed by atoms with Crippen LogP contribution in [-0.4, -0.2) is 27.0 Å². The van der Waals surface area contributed by atoms with E-state index >= 15 is 0 Å². The normalized spacial score (nSPS) is 10.3. The average molecular weight is 271 g/mol. The summed E-state index contributed by atoms with van der Waals surface area (Å²) in [4.78, 5) is 11.2. The molecule has 0 aliphatic heterocycles. The van der Waals surface area contributed by atoms with Gasteiger partial charge in [0.15, 0.2) is 0 Å². The maximum absolute atomic E-state index is 11.2. The van der Waals surface area contributed by atoms with Crippen molar-refractivity contribution >= 4 is 25.4 Å². The number of hydrogen-bond donors (Lipinski definition) is 0. The predicted octanol–water partition coefficient (Wildman–Crippen LogP) is 1.78. The molecule has 1 rings (SSSR count). The van der Waals surface area contributed by atoms with Crippen molar-refractivity contribution in [3.8, 4) is 0 Å². The zero-order valence-corrected chi connectivity index (χ0v) is 10.8. The predicted molar refractivity (Wildman–Crippen MR) is 62.5 cm³/mol. The molecule has 0 aromatic heterocycles. The first kappa shape index (κ1) is 12.3. The third-order valence-corrected chi connectivity index (χ3v) is 3.81. The van der Waals surface area contributed by atoms with Crippen molar-refractivity contribution < 1.29 is 9.53 Å². The van der Waals surface area contributed by atoms with Crippen LogP contribution in [0.5, 0.6) is 0 Å². The van der Waals surface area contributed by atoms with Crippen LogP contribution in [0.2, 0.25) is 5.32 Å². The molecule has 82 valence electrons. The van der Waals surface area contributed by atoms with E-state index in [2.05, 4.69) is 12.1 Å². The Labute approximate surface area is 97.2 Å². The van der Waals surface area contributed by atoms with Crippen molar-refractivity contribution in [1.82, 2.24) is 0 Å². The van der Waals surface area contributed by atoms with Gasteiger partial charge in [0.2, 0.25) is 0 Å². The Morgan fingerprint density at radius 2 is 2.00 bits per heavy atom. The molecule has 0 heterocycles. The molecule has 0 aliphatic rings. The van der Waals surface area contributed by atoms with Gasteiger partial charge in [-0.05, 0) is 0 Å². The minimum absolute atomic E-state index is 0.00160. The van der Waals surface area contributed by atoms with E-state index < -0.39 is 0 Å². The Kier molecular flexibility index (Phi) is 5.44. The second-order valence-corrected chi connectivity index (χ2v) is 5.90. The summed E-state index contributed by atoms with van der Waals surface area (Å²) < 4.78 is 6.39. The molecule has 0 atom stereocenters. The number of ether oxygens (including phenoxy) is 1. The van der Waals surface area contributed by atoms with E-state index in [1.54, 1.807) is 0 Å². The van der Waals surface area contributed by atoms with E-state index in [-0.39, 0.29) is 12.1 Å². The summed E-state index contributed by atoms with van der Waals surface area (Å²) in [6, 6.07) is 10.3. The number of hydrogen-bond acceptors (Lipinski definition) is 2. The molecular formula is C12H16O2Se. The van der Waals surface area contributed by atoms with E-state index in [9.17, 15) is 4.79 Å². The molecule has 1 aromatic rings. The fourth-order valence-electron chi connectivity index (χ4n) is 1.09. The molecule has 0 saturated carbocycles. The molecule has 0 N–H and O–H groups in total. The van der Waals surface area contributed by atoms with Gasteiger partial charge in [-0.3, -0.25) is 0 Å². The van der Waals surface area contributed by atoms with E-state index in [0.29, 0.717) is 21.4 Å². The van der Waals surface area contributed by atoms with Gasteiger partial charge in [-0.15, -0.1) is 0 Å². The van der Waals surface area contributed by atoms with Gasteiger partial charge < -0.3 is 0 Å². The van der Waals surface area contributed by atoms with Crippen LogP contribution in [0.4, 0.5) is 0 Å². The molecule has 0 saturated heterocycles. The molecule has 0 bridgehead atoms. The monoisotopic (exact) mass is 272 g/mol. The van der Waals surface area contributed by atoms with Gasteiger partial charge in [0.25, 0.3) is 0 Å². The topological polar surface area (TPSA) is 26.3 Å². The minimum atomic E-state index is -0.0807. The first-order valence-corrected chi connectivity index (χ1v) is 7.12. The molecular weight excluding hydrogens is 255 g/mol. The molecule has 0 spiro atoms. The van der Waals surface area contributed by atoms with Crippen LogP contribution >= 0.6 is 0 Å². The van der Waals surface area contributed by atoms with Crippen LogP contribution in [0.1, 0.15) is 20.3 Å². The maximum atomic E-state index is 11.2. The van der Waals surface area contributed by atoms with E-state index in [4.69, 9.17) is 4.74 Å². The summed E-state index contributed by atoms with van der Waals surface area (Å²) in [5, 5.41) is 0.919. The SMILES string of the molecule is CC(C)OC(=O)CC[Se]c1ccccc1. The molecule has 0 aliphatic carbocycles. The number of rotatable bonds is 5. The van der Waals surface area contributed by atoms with E-state index in [1.807, 2.05) is 32.0 Å². The molecule has 0 amide bonds. The second kappa shape index (κ2) is 6.65. The zero-order valence-electron chi connectivity index (χ0n) is 9.10. The summed E-state index contributed by atoms with van der Waals surface area (Å²) in [6.45, 7) is 3.75. The fraction of sp³-hybridized carbons (Fsp3) is 0.417. The van der Waals surface area contributed by atoms with Crippen molar-refractivity contribution in [2.24, 2.45) is 0 Å². The van der Waals surface area contributed by atoms with Crippen molar-refractivity contribution in [3.05, 3.63) is 30.3 Å². The van der Waals surface area contributed by atoms with Gasteiger partial charge in [-0.1, -0.05) is 0 Å². The van der Waals surface area contributed by atoms with Gasteiger partial charge in [-0.25, -0.2) is 0 Å². The van der Waals surface area contributed by atoms with Gasteiger partial charge in [0, 0.05) is 0 Å². The average Bonchev–Trinajstić information content (AvgIpc) is 2.18. The first-order chi connectivity index (χ1) is 7.18. The van der Waals surface area contributed by atoms with Crippen molar-refractivity contribution in [3.63, 3.8) is 0 Å². The molecule has 0 radical (unpaired) electrons. The number of benzene rings is 1. The first-order valence-electron chi connectivity index (χ1n) is 5.06. The molecule has 3 heteroatoms. The summed E-state index contributed by atoms with van der Waals surface area (Å²) in [6.07, 6.45) is 0.536. The number of esters is 1. The standard InChI is InChI=1S/C12H16O2Se/c1-10(2)14-12(13)8-9-15-11-6-4-3-5-7-11/h3-7,10H,8-9H2,1-2H3. The second-order valence-electron chi connectivity index (χ2n) is 3.45. The van der Waals surface area contributed by atoms with Crippen LogP contribution in [0.3, 0.4) is 0 Å². The fourth-order valence-corrected chi connectivity index (χ4v) is 2.88. The number of carbonyl (C=O) groups is 1. The molecule has 2 nitrogen and oxygen atoms in total. The van der Waals surface area contributed by atoms with Gasteiger partial charge in [0.05, 0.1) is 0 Å². The molecule has 0 unspecified atom stereocenters. The third kappa shape index (κ3) is 5.60. The molecule has 15 heavy (non-hydrogen) atoms. The zero-order chi connectivity index (χ0) is 11.1. The van der Waals surface area contributed by atoms with Crippen LogP contribution in [-0.2, 0) is 9.53 Å². The Hall–Kier alpha value is -0.791. The molecule has 1 aromatic carbocycles. The summed E-state index contributed by atoms with van der Waals surface area (Å²) in [5.41, 5.74) is 0. The van der Waals surface area contributed by atoms with E-state index in [0.717, 1.165) is 5.32 Å². The van der Waals surface area contributed by atoms with Crippen molar-refractivity contribution in [2.45, 2.75) is 31.7 Å². The third-order valence-electron chi connectivity index (χ3n) is 1.69. The van der Waals surface area contributed by atoms with Crippen molar-refractivity contribution in [2.75, 3.05) is 0 Å². The number of carbonyl (C=O) groups excluding carboxylic acids is 1. The Bertz CT molecular complexity index is 296.